The van der Waals surface area contributed by atoms with Crippen LogP contribution in [0.4, 0.5) is 18.9 Å². The van der Waals surface area contributed by atoms with Gasteiger partial charge in [0.15, 0.2) is 0 Å². The zero-order valence-electron chi connectivity index (χ0n) is 14.3. The van der Waals surface area contributed by atoms with Crippen LogP contribution in [0.5, 0.6) is 0 Å². The number of nitrogens with one attached hydrogen (secondary N) is 2. The molecule has 0 atom stereocenters. The van der Waals surface area contributed by atoms with Crippen LogP contribution in [0.15, 0.2) is 53.9 Å². The van der Waals surface area contributed by atoms with Crippen LogP contribution in [0.25, 0.3) is 10.6 Å². The van der Waals surface area contributed by atoms with E-state index in [4.69, 9.17) is 0 Å². The van der Waals surface area contributed by atoms with Crippen molar-refractivity contribution in [2.75, 3.05) is 5.43 Å². The number of carbonyl (C=O) groups is 1. The van der Waals surface area contributed by atoms with Gasteiger partial charge in [0.2, 0.25) is 5.91 Å². The van der Waals surface area contributed by atoms with Crippen molar-refractivity contribution in [3.63, 3.8) is 0 Å². The minimum atomic E-state index is -4.44. The molecule has 2 aromatic carbocycles. The summed E-state index contributed by atoms with van der Waals surface area (Å²) < 4.78 is 38.1. The molecule has 0 fully saturated rings. The van der Waals surface area contributed by atoms with Crippen LogP contribution in [-0.2, 0) is 17.4 Å². The van der Waals surface area contributed by atoms with Crippen LogP contribution in [0.1, 0.15) is 16.8 Å². The first kappa shape index (κ1) is 18.9. The number of aryl methyl sites for hydroxylation is 1. The van der Waals surface area contributed by atoms with Crippen LogP contribution < -0.4 is 10.9 Å². The monoisotopic (exact) mass is 391 g/mol. The van der Waals surface area contributed by atoms with Crippen LogP contribution in [-0.4, -0.2) is 10.9 Å². The van der Waals surface area contributed by atoms with Crippen molar-refractivity contribution < 1.29 is 18.0 Å². The largest absolute Gasteiger partial charge is 0.416 e. The van der Waals surface area contributed by atoms with Gasteiger partial charge in [-0.2, -0.15) is 13.2 Å². The summed E-state index contributed by atoms with van der Waals surface area (Å²) in [6, 6.07) is 12.5. The van der Waals surface area contributed by atoms with Gasteiger partial charge < -0.3 is 0 Å². The van der Waals surface area contributed by atoms with E-state index < -0.39 is 17.6 Å². The predicted octanol–water partition coefficient (Wildman–Crippen LogP) is 4.82. The molecule has 0 saturated heterocycles. The summed E-state index contributed by atoms with van der Waals surface area (Å²) in [5.41, 5.74) is 6.95. The highest BCUT2D eigenvalue weighted by Gasteiger charge is 2.30. The summed E-state index contributed by atoms with van der Waals surface area (Å²) in [4.78, 5) is 16.5. The molecule has 1 heterocycles. The van der Waals surface area contributed by atoms with Crippen molar-refractivity contribution in [2.24, 2.45) is 0 Å². The second kappa shape index (κ2) is 7.79. The lowest BCUT2D eigenvalue weighted by molar-refractivity contribution is -0.137. The molecular weight excluding hydrogens is 375 g/mol. The lowest BCUT2D eigenvalue weighted by Crippen LogP contribution is -2.30. The highest BCUT2D eigenvalue weighted by atomic mass is 32.1. The lowest BCUT2D eigenvalue weighted by Gasteiger charge is -2.11. The standard InChI is InChI=1S/C19H16F3N3OS/c1-12-4-2-5-13(8-12)18-23-16(11-27-18)10-17(26)25-24-15-7-3-6-14(9-15)19(20,21)22/h2-9,11,24H,10H2,1H3,(H,25,26). The van der Waals surface area contributed by atoms with Gasteiger partial charge >= 0.3 is 6.18 Å². The number of amides is 1. The molecular formula is C19H16F3N3OS. The zero-order chi connectivity index (χ0) is 19.4. The molecule has 0 aliphatic rings. The highest BCUT2D eigenvalue weighted by Crippen LogP contribution is 2.30. The van der Waals surface area contributed by atoms with E-state index in [0.29, 0.717) is 5.69 Å². The van der Waals surface area contributed by atoms with Gasteiger partial charge in [-0.05, 0) is 31.2 Å². The van der Waals surface area contributed by atoms with E-state index in [0.717, 1.165) is 28.3 Å². The fourth-order valence-corrected chi connectivity index (χ4v) is 3.24. The molecule has 3 aromatic rings. The third-order valence-electron chi connectivity index (χ3n) is 3.69. The van der Waals surface area contributed by atoms with E-state index in [9.17, 15) is 18.0 Å². The third-order valence-corrected chi connectivity index (χ3v) is 4.63. The number of thiazole rings is 1. The molecule has 2 N–H and O–H groups in total. The average Bonchev–Trinajstić information content (AvgIpc) is 3.08. The Balaban J connectivity index is 1.59. The zero-order valence-corrected chi connectivity index (χ0v) is 15.1. The Kier molecular flexibility index (Phi) is 5.46. The first-order valence-corrected chi connectivity index (χ1v) is 8.93. The Labute approximate surface area is 158 Å². The molecule has 0 radical (unpaired) electrons. The topological polar surface area (TPSA) is 54.0 Å². The van der Waals surface area contributed by atoms with Crippen molar-refractivity contribution in [1.29, 1.82) is 0 Å². The third kappa shape index (κ3) is 5.07. The number of hydrogen-bond donors (Lipinski definition) is 2. The normalized spacial score (nSPS) is 11.3. The number of aromatic nitrogens is 1. The molecule has 1 aromatic heterocycles. The molecule has 0 bridgehead atoms. The quantitative estimate of drug-likeness (QED) is 0.613. The number of halogens is 3. The molecule has 3 rings (SSSR count). The van der Waals surface area contributed by atoms with Crippen molar-refractivity contribution >= 4 is 22.9 Å². The maximum atomic E-state index is 12.7. The maximum absolute atomic E-state index is 12.7. The minimum absolute atomic E-state index is 0.0221. The molecule has 140 valence electrons. The van der Waals surface area contributed by atoms with Gasteiger partial charge in [-0.1, -0.05) is 29.8 Å². The van der Waals surface area contributed by atoms with E-state index in [-0.39, 0.29) is 12.1 Å². The van der Waals surface area contributed by atoms with Crippen molar-refractivity contribution in [3.8, 4) is 10.6 Å². The molecule has 1 amide bonds. The lowest BCUT2D eigenvalue weighted by atomic mass is 10.1. The molecule has 8 heteroatoms. The second-order valence-electron chi connectivity index (χ2n) is 5.94. The molecule has 4 nitrogen and oxygen atoms in total. The number of rotatable bonds is 5. The Hall–Kier alpha value is -2.87. The minimum Gasteiger partial charge on any atom is -0.299 e. The van der Waals surface area contributed by atoms with E-state index >= 15 is 0 Å². The predicted molar refractivity (Wildman–Crippen MR) is 99.2 cm³/mol. The molecule has 0 aliphatic heterocycles. The number of carbonyl (C=O) groups excluding carboxylic acids is 1. The van der Waals surface area contributed by atoms with E-state index in [1.54, 1.807) is 5.38 Å². The first-order chi connectivity index (χ1) is 12.8. The van der Waals surface area contributed by atoms with E-state index in [1.165, 1.54) is 23.5 Å². The second-order valence-corrected chi connectivity index (χ2v) is 6.80. The molecule has 0 saturated carbocycles. The molecule has 0 spiro atoms. The summed E-state index contributed by atoms with van der Waals surface area (Å²) in [5, 5.41) is 2.61. The fraction of sp³-hybridized carbons (Fsp3) is 0.158. The Morgan fingerprint density at radius 2 is 1.93 bits per heavy atom. The molecule has 0 aliphatic carbocycles. The smallest absolute Gasteiger partial charge is 0.299 e. The van der Waals surface area contributed by atoms with Crippen molar-refractivity contribution in [2.45, 2.75) is 19.5 Å². The fourth-order valence-electron chi connectivity index (χ4n) is 2.42. The maximum Gasteiger partial charge on any atom is 0.416 e. The Morgan fingerprint density at radius 1 is 1.15 bits per heavy atom. The summed E-state index contributed by atoms with van der Waals surface area (Å²) in [6.45, 7) is 1.99. The van der Waals surface area contributed by atoms with Gasteiger partial charge in [0, 0.05) is 10.9 Å². The number of alkyl halides is 3. The summed E-state index contributed by atoms with van der Waals surface area (Å²) in [6.07, 6.45) is -4.41. The number of benzene rings is 2. The summed E-state index contributed by atoms with van der Waals surface area (Å²) in [5.74, 6) is -0.395. The van der Waals surface area contributed by atoms with Gasteiger partial charge in [-0.25, -0.2) is 4.98 Å². The van der Waals surface area contributed by atoms with Gasteiger partial charge in [-0.15, -0.1) is 11.3 Å². The first-order valence-electron chi connectivity index (χ1n) is 8.05. The van der Waals surface area contributed by atoms with Gasteiger partial charge in [0.1, 0.15) is 5.01 Å². The number of anilines is 1. The van der Waals surface area contributed by atoms with Gasteiger partial charge in [0.25, 0.3) is 0 Å². The van der Waals surface area contributed by atoms with Crippen LogP contribution in [0.2, 0.25) is 0 Å². The Morgan fingerprint density at radius 3 is 2.67 bits per heavy atom. The van der Waals surface area contributed by atoms with Crippen LogP contribution >= 0.6 is 11.3 Å². The number of hydrazine groups is 1. The highest BCUT2D eigenvalue weighted by molar-refractivity contribution is 7.13. The summed E-state index contributed by atoms with van der Waals surface area (Å²) >= 11 is 1.44. The van der Waals surface area contributed by atoms with Crippen molar-refractivity contribution in [1.82, 2.24) is 10.4 Å². The van der Waals surface area contributed by atoms with Gasteiger partial charge in [0.05, 0.1) is 23.4 Å². The van der Waals surface area contributed by atoms with E-state index in [2.05, 4.69) is 15.8 Å². The Bertz CT molecular complexity index is 953. The number of nitrogens with zero attached hydrogens (tertiary/aromatic N) is 1. The number of hydrogen-bond acceptors (Lipinski definition) is 4. The van der Waals surface area contributed by atoms with Crippen LogP contribution in [0.3, 0.4) is 0 Å². The SMILES string of the molecule is Cc1cccc(-c2nc(CC(=O)NNc3cccc(C(F)(F)F)c3)cs2)c1. The average molecular weight is 391 g/mol. The van der Waals surface area contributed by atoms with Crippen LogP contribution in [0, 0.1) is 6.92 Å². The van der Waals surface area contributed by atoms with E-state index in [1.807, 2.05) is 31.2 Å². The van der Waals surface area contributed by atoms with Gasteiger partial charge in [-0.3, -0.25) is 15.6 Å². The molecule has 27 heavy (non-hydrogen) atoms. The molecule has 0 unspecified atom stereocenters. The summed E-state index contributed by atoms with van der Waals surface area (Å²) in [7, 11) is 0. The van der Waals surface area contributed by atoms with Crippen molar-refractivity contribution in [3.05, 3.63) is 70.7 Å².